The van der Waals surface area contributed by atoms with Gasteiger partial charge in [-0.15, -0.1) is 0 Å². The highest BCUT2D eigenvalue weighted by Gasteiger charge is 2.23. The van der Waals surface area contributed by atoms with Crippen LogP contribution in [0.4, 0.5) is 11.4 Å². The summed E-state index contributed by atoms with van der Waals surface area (Å²) in [6.07, 6.45) is 2.47. The minimum atomic E-state index is -0.0809. The van der Waals surface area contributed by atoms with E-state index in [4.69, 9.17) is 17.3 Å². The molecule has 1 fully saturated rings. The molecular formula is C14H20ClN3O2. The summed E-state index contributed by atoms with van der Waals surface area (Å²) >= 11 is 5.81. The zero-order valence-corrected chi connectivity index (χ0v) is 12.1. The van der Waals surface area contributed by atoms with Crippen molar-refractivity contribution in [1.82, 2.24) is 4.90 Å². The summed E-state index contributed by atoms with van der Waals surface area (Å²) in [5.74, 6) is -0.0809. The molecule has 4 N–H and O–H groups in total. The second kappa shape index (κ2) is 6.92. The molecule has 0 spiro atoms. The number of nitrogen functional groups attached to an aromatic ring is 1. The molecule has 20 heavy (non-hydrogen) atoms. The number of aliphatic hydroxyl groups is 1. The number of amides is 1. The lowest BCUT2D eigenvalue weighted by Gasteiger charge is -2.22. The van der Waals surface area contributed by atoms with Gasteiger partial charge in [0.1, 0.15) is 0 Å². The molecule has 2 rings (SSSR count). The van der Waals surface area contributed by atoms with Crippen LogP contribution in [0.5, 0.6) is 0 Å². The largest absolute Gasteiger partial charge is 0.397 e. The van der Waals surface area contributed by atoms with Gasteiger partial charge in [0.25, 0.3) is 0 Å². The Morgan fingerprint density at radius 2 is 2.35 bits per heavy atom. The molecule has 1 saturated heterocycles. The predicted molar refractivity (Wildman–Crippen MR) is 80.8 cm³/mol. The van der Waals surface area contributed by atoms with Gasteiger partial charge in [-0.3, -0.25) is 9.69 Å². The maximum absolute atomic E-state index is 11.9. The molecule has 0 bridgehead atoms. The number of rotatable bonds is 5. The summed E-state index contributed by atoms with van der Waals surface area (Å²) in [4.78, 5) is 14.1. The molecule has 1 heterocycles. The molecule has 0 aliphatic carbocycles. The molecule has 5 nitrogen and oxygen atoms in total. The molecule has 110 valence electrons. The maximum Gasteiger partial charge on any atom is 0.225 e. The second-order valence-corrected chi connectivity index (χ2v) is 5.48. The van der Waals surface area contributed by atoms with Crippen molar-refractivity contribution < 1.29 is 9.90 Å². The summed E-state index contributed by atoms with van der Waals surface area (Å²) in [6.45, 7) is 1.76. The fraction of sp³-hybridized carbons (Fsp3) is 0.500. The van der Waals surface area contributed by atoms with Gasteiger partial charge in [-0.1, -0.05) is 11.6 Å². The number of nitrogens with zero attached hydrogens (tertiary/aromatic N) is 1. The van der Waals surface area contributed by atoms with E-state index < -0.39 is 0 Å². The molecule has 1 atom stereocenters. The molecule has 1 aliphatic heterocycles. The van der Waals surface area contributed by atoms with E-state index in [1.807, 2.05) is 0 Å². The number of likely N-dealkylation sites (tertiary alicyclic amines) is 1. The van der Waals surface area contributed by atoms with Crippen LogP contribution in [0.1, 0.15) is 19.3 Å². The zero-order valence-electron chi connectivity index (χ0n) is 11.3. The Morgan fingerprint density at radius 1 is 1.55 bits per heavy atom. The van der Waals surface area contributed by atoms with Crippen molar-refractivity contribution in [1.29, 1.82) is 0 Å². The van der Waals surface area contributed by atoms with Crippen LogP contribution < -0.4 is 11.1 Å². The van der Waals surface area contributed by atoms with Crippen molar-refractivity contribution in [3.63, 3.8) is 0 Å². The molecular weight excluding hydrogens is 278 g/mol. The average molecular weight is 298 g/mol. The first kappa shape index (κ1) is 15.1. The fourth-order valence-electron chi connectivity index (χ4n) is 2.50. The first-order chi connectivity index (χ1) is 9.60. The summed E-state index contributed by atoms with van der Waals surface area (Å²) < 4.78 is 0. The normalized spacial score (nSPS) is 19.2. The van der Waals surface area contributed by atoms with E-state index in [9.17, 15) is 9.90 Å². The standard InChI is InChI=1S/C14H20ClN3O2/c15-10-3-4-13(12(16)8-10)17-14(20)5-7-18-6-1-2-11(18)9-19/h3-4,8,11,19H,1-2,5-7,9,16H2,(H,17,20). The van der Waals surface area contributed by atoms with E-state index in [1.54, 1.807) is 18.2 Å². The lowest BCUT2D eigenvalue weighted by atomic mass is 10.2. The van der Waals surface area contributed by atoms with Gasteiger partial charge in [-0.05, 0) is 37.6 Å². The predicted octanol–water partition coefficient (Wildman–Crippen LogP) is 1.71. The zero-order chi connectivity index (χ0) is 14.5. The molecule has 6 heteroatoms. The van der Waals surface area contributed by atoms with Crippen molar-refractivity contribution in [2.45, 2.75) is 25.3 Å². The van der Waals surface area contributed by atoms with Crippen molar-refractivity contribution in [3.05, 3.63) is 23.2 Å². The van der Waals surface area contributed by atoms with Crippen LogP contribution in [0, 0.1) is 0 Å². The third-order valence-corrected chi connectivity index (χ3v) is 3.86. The number of anilines is 2. The van der Waals surface area contributed by atoms with Gasteiger partial charge in [0.15, 0.2) is 0 Å². The van der Waals surface area contributed by atoms with Crippen molar-refractivity contribution in [2.24, 2.45) is 0 Å². The lowest BCUT2D eigenvalue weighted by molar-refractivity contribution is -0.116. The number of nitrogens with one attached hydrogen (secondary N) is 1. The van der Waals surface area contributed by atoms with Crippen LogP contribution in [0.2, 0.25) is 5.02 Å². The summed E-state index contributed by atoms with van der Waals surface area (Å²) in [5, 5.41) is 12.6. The SMILES string of the molecule is Nc1cc(Cl)ccc1NC(=O)CCN1CCCC1CO. The Morgan fingerprint density at radius 3 is 3.05 bits per heavy atom. The first-order valence-electron chi connectivity index (χ1n) is 6.80. The number of carbonyl (C=O) groups is 1. The summed E-state index contributed by atoms with van der Waals surface area (Å²) in [6, 6.07) is 5.19. The van der Waals surface area contributed by atoms with Crippen LogP contribution >= 0.6 is 11.6 Å². The Hall–Kier alpha value is -1.30. The minimum absolute atomic E-state index is 0.0809. The molecule has 1 aliphatic rings. The molecule has 0 aromatic heterocycles. The highest BCUT2D eigenvalue weighted by Crippen LogP contribution is 2.23. The van der Waals surface area contributed by atoms with Crippen LogP contribution in [0.15, 0.2) is 18.2 Å². The number of carbonyl (C=O) groups excluding carboxylic acids is 1. The molecule has 1 amide bonds. The molecule has 0 saturated carbocycles. The topological polar surface area (TPSA) is 78.6 Å². The van der Waals surface area contributed by atoms with Gasteiger partial charge in [0, 0.05) is 24.0 Å². The third kappa shape index (κ3) is 3.85. The van der Waals surface area contributed by atoms with E-state index in [1.165, 1.54) is 0 Å². The number of hydrogen-bond acceptors (Lipinski definition) is 4. The molecule has 0 radical (unpaired) electrons. The number of halogens is 1. The van der Waals surface area contributed by atoms with E-state index in [0.717, 1.165) is 19.4 Å². The van der Waals surface area contributed by atoms with E-state index >= 15 is 0 Å². The number of benzene rings is 1. The molecule has 1 aromatic rings. The maximum atomic E-state index is 11.9. The third-order valence-electron chi connectivity index (χ3n) is 3.62. The smallest absolute Gasteiger partial charge is 0.225 e. The van der Waals surface area contributed by atoms with Gasteiger partial charge in [0.2, 0.25) is 5.91 Å². The van der Waals surface area contributed by atoms with Crippen LogP contribution in [-0.2, 0) is 4.79 Å². The van der Waals surface area contributed by atoms with Gasteiger partial charge in [0.05, 0.1) is 18.0 Å². The Bertz CT molecular complexity index is 481. The molecule has 1 unspecified atom stereocenters. The highest BCUT2D eigenvalue weighted by atomic mass is 35.5. The Kier molecular flexibility index (Phi) is 5.23. The first-order valence-corrected chi connectivity index (χ1v) is 7.17. The second-order valence-electron chi connectivity index (χ2n) is 5.04. The van der Waals surface area contributed by atoms with Gasteiger partial charge in [-0.25, -0.2) is 0 Å². The van der Waals surface area contributed by atoms with Crippen LogP contribution in [0.3, 0.4) is 0 Å². The average Bonchev–Trinajstić information content (AvgIpc) is 2.87. The number of nitrogens with two attached hydrogens (primary N) is 1. The van der Waals surface area contributed by atoms with Crippen molar-refractivity contribution in [3.8, 4) is 0 Å². The number of aliphatic hydroxyl groups excluding tert-OH is 1. The Labute approximate surface area is 123 Å². The quantitative estimate of drug-likeness (QED) is 0.723. The lowest BCUT2D eigenvalue weighted by Crippen LogP contribution is -2.34. The highest BCUT2D eigenvalue weighted by molar-refractivity contribution is 6.31. The van der Waals surface area contributed by atoms with Crippen molar-refractivity contribution in [2.75, 3.05) is 30.7 Å². The van der Waals surface area contributed by atoms with Gasteiger partial charge >= 0.3 is 0 Å². The van der Waals surface area contributed by atoms with Crippen LogP contribution in [0.25, 0.3) is 0 Å². The summed E-state index contributed by atoms with van der Waals surface area (Å²) in [7, 11) is 0. The van der Waals surface area contributed by atoms with E-state index in [2.05, 4.69) is 10.2 Å². The van der Waals surface area contributed by atoms with Gasteiger partial charge in [-0.2, -0.15) is 0 Å². The van der Waals surface area contributed by atoms with Crippen molar-refractivity contribution >= 4 is 28.9 Å². The summed E-state index contributed by atoms with van der Waals surface area (Å²) in [5.41, 5.74) is 6.83. The monoisotopic (exact) mass is 297 g/mol. The van der Waals surface area contributed by atoms with Crippen LogP contribution in [-0.4, -0.2) is 41.7 Å². The van der Waals surface area contributed by atoms with Gasteiger partial charge < -0.3 is 16.2 Å². The Balaban J connectivity index is 1.83. The van der Waals surface area contributed by atoms with E-state index in [0.29, 0.717) is 29.4 Å². The molecule has 1 aromatic carbocycles. The number of hydrogen-bond donors (Lipinski definition) is 3. The van der Waals surface area contributed by atoms with E-state index in [-0.39, 0.29) is 18.6 Å². The fourth-order valence-corrected chi connectivity index (χ4v) is 2.68. The minimum Gasteiger partial charge on any atom is -0.397 e.